The van der Waals surface area contributed by atoms with Crippen molar-refractivity contribution >= 4 is 5.94 Å². The number of carbonyl (C=O) groups excluding carboxylic acids is 1. The normalized spacial score (nSPS) is 46.7. The monoisotopic (exact) mass is 414 g/mol. The predicted octanol–water partition coefficient (Wildman–Crippen LogP) is 6.84. The standard InChI is InChI=1S/C28H46O2/c1-18(2)7-6-8-19(3)23-9-10-24-22-15-20(17-29)26-16-21(30)11-13-28(26,5)25(22)12-14-27(23,24)4/h18-19,21-26,30H,6-16H2,1-5H3/t19-,21?,22+,23-,24+,25+,26?,27-,28-/m1/s1. The van der Waals surface area contributed by atoms with Crippen LogP contribution in [0.2, 0.25) is 0 Å². The minimum absolute atomic E-state index is 0.206. The molecule has 9 atom stereocenters. The first-order chi connectivity index (χ1) is 14.2. The summed E-state index contributed by atoms with van der Waals surface area (Å²) in [5.41, 5.74) is 1.69. The Balaban J connectivity index is 1.54. The third-order valence-electron chi connectivity index (χ3n) is 10.8. The van der Waals surface area contributed by atoms with Crippen molar-refractivity contribution in [3.63, 3.8) is 0 Å². The van der Waals surface area contributed by atoms with E-state index in [9.17, 15) is 9.90 Å². The summed E-state index contributed by atoms with van der Waals surface area (Å²) in [7, 11) is 0. The number of hydrogen-bond donors (Lipinski definition) is 1. The van der Waals surface area contributed by atoms with Gasteiger partial charge >= 0.3 is 0 Å². The summed E-state index contributed by atoms with van der Waals surface area (Å²) in [5, 5.41) is 10.3. The van der Waals surface area contributed by atoms with Crippen molar-refractivity contribution in [1.82, 2.24) is 0 Å². The first-order valence-corrected chi connectivity index (χ1v) is 13.1. The summed E-state index contributed by atoms with van der Waals surface area (Å²) in [6.45, 7) is 12.3. The molecular weight excluding hydrogens is 368 g/mol. The van der Waals surface area contributed by atoms with Crippen molar-refractivity contribution in [2.24, 2.45) is 52.3 Å². The Morgan fingerprint density at radius 3 is 2.40 bits per heavy atom. The molecule has 30 heavy (non-hydrogen) atoms. The molecule has 2 heteroatoms. The van der Waals surface area contributed by atoms with E-state index in [1.807, 2.05) is 0 Å². The molecule has 0 radical (unpaired) electrons. The van der Waals surface area contributed by atoms with Crippen LogP contribution in [0.3, 0.4) is 0 Å². The fourth-order valence-electron chi connectivity index (χ4n) is 9.22. The van der Waals surface area contributed by atoms with Crippen molar-refractivity contribution < 1.29 is 9.90 Å². The van der Waals surface area contributed by atoms with E-state index in [0.29, 0.717) is 11.3 Å². The molecule has 1 N–H and O–H groups in total. The lowest BCUT2D eigenvalue weighted by molar-refractivity contribution is -0.108. The molecule has 0 aliphatic heterocycles. The fraction of sp³-hybridized carbons (Fsp3) is 0.929. The van der Waals surface area contributed by atoms with E-state index in [1.165, 1.54) is 44.9 Å². The molecule has 4 aliphatic rings. The Morgan fingerprint density at radius 2 is 1.70 bits per heavy atom. The Hall–Kier alpha value is -0.590. The Labute approximate surface area is 185 Å². The molecule has 0 heterocycles. The highest BCUT2D eigenvalue weighted by atomic mass is 16.3. The first-order valence-electron chi connectivity index (χ1n) is 13.1. The SMILES string of the molecule is CC(C)CCC[C@@H](C)[C@H]1CC[C@H]2[C@@H]3CC(=C=O)C4CC(O)CC[C@]4(C)[C@H]3CC[C@]12C. The third kappa shape index (κ3) is 3.65. The molecule has 0 amide bonds. The smallest absolute Gasteiger partial charge is 0.123 e. The molecule has 2 nitrogen and oxygen atoms in total. The molecule has 0 aromatic rings. The zero-order valence-electron chi connectivity index (χ0n) is 20.3. The van der Waals surface area contributed by atoms with Crippen LogP contribution in [-0.4, -0.2) is 17.2 Å². The van der Waals surface area contributed by atoms with Crippen LogP contribution in [0.1, 0.15) is 105 Å². The second kappa shape index (κ2) is 8.40. The first kappa shape index (κ1) is 22.6. The van der Waals surface area contributed by atoms with Crippen LogP contribution in [0.15, 0.2) is 5.57 Å². The van der Waals surface area contributed by atoms with Gasteiger partial charge in [0.2, 0.25) is 0 Å². The van der Waals surface area contributed by atoms with Gasteiger partial charge in [-0.25, -0.2) is 4.79 Å². The van der Waals surface area contributed by atoms with Gasteiger partial charge in [-0.05, 0) is 104 Å². The van der Waals surface area contributed by atoms with Gasteiger partial charge in [-0.15, -0.1) is 0 Å². The second-order valence-electron chi connectivity index (χ2n) is 12.7. The number of rotatable bonds is 5. The summed E-state index contributed by atoms with van der Waals surface area (Å²) in [6, 6.07) is 0. The number of fused-ring (bicyclic) bond motifs is 5. The van der Waals surface area contributed by atoms with E-state index in [-0.39, 0.29) is 17.4 Å². The topological polar surface area (TPSA) is 37.3 Å². The van der Waals surface area contributed by atoms with Gasteiger partial charge in [0.1, 0.15) is 5.94 Å². The molecular formula is C28H46O2. The summed E-state index contributed by atoms with van der Waals surface area (Å²) in [6.07, 6.45) is 13.1. The van der Waals surface area contributed by atoms with Crippen LogP contribution < -0.4 is 0 Å². The van der Waals surface area contributed by atoms with Crippen molar-refractivity contribution in [2.75, 3.05) is 0 Å². The maximum Gasteiger partial charge on any atom is 0.123 e. The average Bonchev–Trinajstić information content (AvgIpc) is 3.05. The van der Waals surface area contributed by atoms with E-state index in [1.54, 1.807) is 0 Å². The van der Waals surface area contributed by atoms with Gasteiger partial charge in [0.25, 0.3) is 0 Å². The van der Waals surface area contributed by atoms with Gasteiger partial charge in [0.15, 0.2) is 0 Å². The lowest BCUT2D eigenvalue weighted by atomic mass is 9.43. The molecule has 0 saturated heterocycles. The molecule has 4 rings (SSSR count). The van der Waals surface area contributed by atoms with Crippen molar-refractivity contribution in [1.29, 1.82) is 0 Å². The maximum absolute atomic E-state index is 12.0. The molecule has 170 valence electrons. The van der Waals surface area contributed by atoms with Crippen molar-refractivity contribution in [2.45, 2.75) is 111 Å². The Kier molecular flexibility index (Phi) is 6.33. The molecule has 2 unspecified atom stereocenters. The second-order valence-corrected chi connectivity index (χ2v) is 12.7. The Morgan fingerprint density at radius 1 is 1.00 bits per heavy atom. The lowest BCUT2D eigenvalue weighted by Crippen LogP contribution is -2.55. The number of allylic oxidation sites excluding steroid dienone is 1. The zero-order chi connectivity index (χ0) is 21.7. The highest BCUT2D eigenvalue weighted by Gasteiger charge is 2.61. The van der Waals surface area contributed by atoms with Gasteiger partial charge in [-0.1, -0.05) is 53.9 Å². The number of aliphatic hydroxyl groups is 1. The largest absolute Gasteiger partial charge is 0.393 e. The lowest BCUT2D eigenvalue weighted by Gasteiger charge is -2.61. The van der Waals surface area contributed by atoms with Gasteiger partial charge in [-0.2, -0.15) is 0 Å². The van der Waals surface area contributed by atoms with Crippen LogP contribution in [0.4, 0.5) is 0 Å². The molecule has 0 aromatic carbocycles. The van der Waals surface area contributed by atoms with Gasteiger partial charge in [0.05, 0.1) is 6.10 Å². The third-order valence-corrected chi connectivity index (χ3v) is 10.8. The van der Waals surface area contributed by atoms with Gasteiger partial charge in [-0.3, -0.25) is 0 Å². The van der Waals surface area contributed by atoms with Crippen LogP contribution in [-0.2, 0) is 4.79 Å². The van der Waals surface area contributed by atoms with Crippen molar-refractivity contribution in [3.8, 4) is 0 Å². The molecule has 0 spiro atoms. The molecule has 4 saturated carbocycles. The van der Waals surface area contributed by atoms with E-state index in [4.69, 9.17) is 0 Å². The fourth-order valence-corrected chi connectivity index (χ4v) is 9.22. The van der Waals surface area contributed by atoms with E-state index >= 15 is 0 Å². The Bertz CT molecular complexity index is 676. The van der Waals surface area contributed by atoms with Crippen LogP contribution in [0, 0.1) is 52.3 Å². The van der Waals surface area contributed by atoms with Crippen LogP contribution >= 0.6 is 0 Å². The minimum atomic E-state index is -0.223. The summed E-state index contributed by atoms with van der Waals surface area (Å²) in [4.78, 5) is 12.0. The van der Waals surface area contributed by atoms with Crippen LogP contribution in [0.5, 0.6) is 0 Å². The molecule has 0 aromatic heterocycles. The van der Waals surface area contributed by atoms with E-state index in [2.05, 4.69) is 40.6 Å². The molecule has 4 aliphatic carbocycles. The summed E-state index contributed by atoms with van der Waals surface area (Å²) < 4.78 is 0. The van der Waals surface area contributed by atoms with Crippen molar-refractivity contribution in [3.05, 3.63) is 5.57 Å². The molecule has 4 fully saturated rings. The number of hydrogen-bond acceptors (Lipinski definition) is 2. The highest BCUT2D eigenvalue weighted by Crippen LogP contribution is 2.69. The van der Waals surface area contributed by atoms with Gasteiger partial charge in [0, 0.05) is 5.57 Å². The highest BCUT2D eigenvalue weighted by molar-refractivity contribution is 5.55. The quantitative estimate of drug-likeness (QED) is 0.500. The summed E-state index contributed by atoms with van der Waals surface area (Å²) in [5.74, 6) is 7.37. The van der Waals surface area contributed by atoms with Crippen LogP contribution in [0.25, 0.3) is 0 Å². The van der Waals surface area contributed by atoms with E-state index in [0.717, 1.165) is 60.8 Å². The molecule has 0 bridgehead atoms. The average molecular weight is 415 g/mol. The van der Waals surface area contributed by atoms with Gasteiger partial charge < -0.3 is 5.11 Å². The maximum atomic E-state index is 12.0. The summed E-state index contributed by atoms with van der Waals surface area (Å²) >= 11 is 0. The zero-order valence-corrected chi connectivity index (χ0v) is 20.3. The van der Waals surface area contributed by atoms with E-state index < -0.39 is 0 Å². The number of aliphatic hydroxyl groups excluding tert-OH is 1. The minimum Gasteiger partial charge on any atom is -0.393 e. The predicted molar refractivity (Wildman–Crippen MR) is 124 cm³/mol.